The Morgan fingerprint density at radius 1 is 1.09 bits per heavy atom. The Morgan fingerprint density at radius 2 is 1.82 bits per heavy atom. The molecule has 2 aromatic heterocycles. The van der Waals surface area contributed by atoms with Crippen molar-refractivity contribution in [1.29, 1.82) is 0 Å². The van der Waals surface area contributed by atoms with Gasteiger partial charge >= 0.3 is 0 Å². The summed E-state index contributed by atoms with van der Waals surface area (Å²) < 4.78 is 40.9. The van der Waals surface area contributed by atoms with Crippen molar-refractivity contribution >= 4 is 28.3 Å². The number of alkyl halides is 2. The Labute approximate surface area is 195 Å². The van der Waals surface area contributed by atoms with Crippen LogP contribution in [0.5, 0.6) is 0 Å². The van der Waals surface area contributed by atoms with Gasteiger partial charge in [-0.05, 0) is 31.9 Å². The molecule has 1 aliphatic heterocycles. The van der Waals surface area contributed by atoms with Crippen molar-refractivity contribution in [3.8, 4) is 0 Å². The molecule has 0 radical (unpaired) electrons. The molecule has 0 spiro atoms. The first-order chi connectivity index (χ1) is 16.4. The smallest absolute Gasteiger partial charge is 0.266 e. The van der Waals surface area contributed by atoms with E-state index in [0.717, 1.165) is 30.1 Å². The molecule has 2 aliphatic rings. The average molecular weight is 470 g/mol. The summed E-state index contributed by atoms with van der Waals surface area (Å²) in [5.74, 6) is 0.370. The van der Waals surface area contributed by atoms with Crippen molar-refractivity contribution in [2.75, 3.05) is 36.4 Å². The molecule has 9 heteroatoms. The van der Waals surface area contributed by atoms with E-state index in [0.29, 0.717) is 37.4 Å². The third-order valence-corrected chi connectivity index (χ3v) is 6.59. The fraction of sp³-hybridized carbons (Fsp3) is 0.400. The van der Waals surface area contributed by atoms with Crippen LogP contribution in [0.2, 0.25) is 0 Å². The Balaban J connectivity index is 1.36. The highest BCUT2D eigenvalue weighted by Crippen LogP contribution is 2.33. The number of nitrogens with one attached hydrogen (secondary N) is 1. The largest absolute Gasteiger partial charge is 0.378 e. The molecule has 1 aromatic carbocycles. The monoisotopic (exact) mass is 469 g/mol. The summed E-state index contributed by atoms with van der Waals surface area (Å²) in [6, 6.07) is 7.23. The van der Waals surface area contributed by atoms with E-state index in [-0.39, 0.29) is 17.4 Å². The molecule has 3 aromatic rings. The molecule has 6 nitrogen and oxygen atoms in total. The molecular formula is C25H26F3N5O. The quantitative estimate of drug-likeness (QED) is 0.554. The van der Waals surface area contributed by atoms with Crippen molar-refractivity contribution < 1.29 is 18.0 Å². The number of pyridine rings is 2. The van der Waals surface area contributed by atoms with Crippen molar-refractivity contribution in [3.05, 3.63) is 59.7 Å². The van der Waals surface area contributed by atoms with Gasteiger partial charge in [-0.15, -0.1) is 0 Å². The molecule has 2 fully saturated rings. The third-order valence-electron chi connectivity index (χ3n) is 6.59. The van der Waals surface area contributed by atoms with Crippen LogP contribution in [0.15, 0.2) is 42.7 Å². The number of benzene rings is 1. The molecule has 0 bridgehead atoms. The van der Waals surface area contributed by atoms with Gasteiger partial charge < -0.3 is 15.1 Å². The second kappa shape index (κ2) is 9.12. The van der Waals surface area contributed by atoms with Crippen LogP contribution in [0.25, 0.3) is 10.9 Å². The van der Waals surface area contributed by atoms with E-state index in [4.69, 9.17) is 0 Å². The summed E-state index contributed by atoms with van der Waals surface area (Å²) in [6.45, 7) is 4.47. The predicted molar refractivity (Wildman–Crippen MR) is 124 cm³/mol. The van der Waals surface area contributed by atoms with Gasteiger partial charge in [0.2, 0.25) is 5.91 Å². The highest BCUT2D eigenvalue weighted by molar-refractivity contribution is 5.92. The second-order valence-corrected chi connectivity index (χ2v) is 8.92. The molecule has 1 saturated heterocycles. The molecule has 1 saturated carbocycles. The number of halogens is 3. The highest BCUT2D eigenvalue weighted by atomic mass is 19.3. The van der Waals surface area contributed by atoms with Crippen molar-refractivity contribution in [1.82, 2.24) is 14.9 Å². The fourth-order valence-corrected chi connectivity index (χ4v) is 4.46. The SMILES string of the molecule is C[C@@H](Nc1ccnc2cnc(N3CCN(C(=O)C4CC4)CC3)cc12)c1cccc(C(F)F)c1F. The Bertz CT molecular complexity index is 1210. The number of carbonyl (C=O) groups is 1. The molecule has 1 aliphatic carbocycles. The standard InChI is InChI=1S/C25H26F3N5O/c1-15(17-3-2-4-18(23(17)26)24(27)28)31-20-7-8-29-21-14-30-22(13-19(20)21)32-9-11-33(12-10-32)25(34)16-5-6-16/h2-4,7-8,13-16,24H,5-6,9-12H2,1H3,(H,29,31)/t15-/m1/s1. The maximum absolute atomic E-state index is 14.7. The summed E-state index contributed by atoms with van der Waals surface area (Å²) in [5, 5.41) is 4.06. The average Bonchev–Trinajstić information content (AvgIpc) is 3.69. The lowest BCUT2D eigenvalue weighted by atomic mass is 10.0. The van der Waals surface area contributed by atoms with E-state index in [1.54, 1.807) is 25.4 Å². The zero-order chi connectivity index (χ0) is 23.8. The first-order valence-electron chi connectivity index (χ1n) is 11.5. The molecular weight excluding hydrogens is 443 g/mol. The van der Waals surface area contributed by atoms with Crippen LogP contribution in [0.1, 0.15) is 43.4 Å². The highest BCUT2D eigenvalue weighted by Gasteiger charge is 2.34. The molecule has 3 heterocycles. The first-order valence-corrected chi connectivity index (χ1v) is 11.5. The van der Waals surface area contributed by atoms with Crippen LogP contribution in [0.3, 0.4) is 0 Å². The fourth-order valence-electron chi connectivity index (χ4n) is 4.46. The zero-order valence-electron chi connectivity index (χ0n) is 18.8. The minimum atomic E-state index is -2.87. The molecule has 0 unspecified atom stereocenters. The van der Waals surface area contributed by atoms with Gasteiger partial charge in [-0.1, -0.05) is 18.2 Å². The number of aromatic nitrogens is 2. The van der Waals surface area contributed by atoms with E-state index >= 15 is 0 Å². The number of hydrogen-bond acceptors (Lipinski definition) is 5. The number of hydrogen-bond donors (Lipinski definition) is 1. The molecule has 1 N–H and O–H groups in total. The second-order valence-electron chi connectivity index (χ2n) is 8.92. The summed E-state index contributed by atoms with van der Waals surface area (Å²) in [5.41, 5.74) is 0.959. The summed E-state index contributed by atoms with van der Waals surface area (Å²) >= 11 is 0. The number of amides is 1. The minimum Gasteiger partial charge on any atom is -0.378 e. The number of carbonyl (C=O) groups excluding carboxylic acids is 1. The normalized spacial score (nSPS) is 17.3. The van der Waals surface area contributed by atoms with E-state index in [1.807, 2.05) is 11.0 Å². The van der Waals surface area contributed by atoms with Gasteiger partial charge in [0.05, 0.1) is 23.3 Å². The predicted octanol–water partition coefficient (Wildman–Crippen LogP) is 4.94. The minimum absolute atomic E-state index is 0.175. The van der Waals surface area contributed by atoms with Gasteiger partial charge in [0, 0.05) is 54.9 Å². The van der Waals surface area contributed by atoms with Gasteiger partial charge in [0.15, 0.2) is 0 Å². The number of fused-ring (bicyclic) bond motifs is 1. The Kier molecular flexibility index (Phi) is 6.02. The van der Waals surface area contributed by atoms with Crippen molar-refractivity contribution in [2.45, 2.75) is 32.2 Å². The van der Waals surface area contributed by atoms with Crippen LogP contribution in [0, 0.1) is 11.7 Å². The van der Waals surface area contributed by atoms with Crippen molar-refractivity contribution in [3.63, 3.8) is 0 Å². The number of anilines is 2. The molecule has 178 valence electrons. The molecule has 34 heavy (non-hydrogen) atoms. The summed E-state index contributed by atoms with van der Waals surface area (Å²) in [6.07, 6.45) is 2.46. The van der Waals surface area contributed by atoms with Crippen LogP contribution in [0.4, 0.5) is 24.7 Å². The van der Waals surface area contributed by atoms with Gasteiger partial charge in [-0.25, -0.2) is 18.2 Å². The molecule has 1 amide bonds. The third kappa shape index (κ3) is 4.38. The van der Waals surface area contributed by atoms with Gasteiger partial charge in [-0.3, -0.25) is 9.78 Å². The van der Waals surface area contributed by atoms with Gasteiger partial charge in [0.25, 0.3) is 6.43 Å². The summed E-state index contributed by atoms with van der Waals surface area (Å²) in [4.78, 5) is 25.3. The van der Waals surface area contributed by atoms with E-state index in [9.17, 15) is 18.0 Å². The molecule has 1 atom stereocenters. The maximum Gasteiger partial charge on any atom is 0.266 e. The maximum atomic E-state index is 14.7. The van der Waals surface area contributed by atoms with E-state index < -0.39 is 23.8 Å². The number of rotatable bonds is 6. The topological polar surface area (TPSA) is 61.4 Å². The Morgan fingerprint density at radius 3 is 2.53 bits per heavy atom. The van der Waals surface area contributed by atoms with Gasteiger partial charge in [-0.2, -0.15) is 0 Å². The Hall–Kier alpha value is -3.36. The van der Waals surface area contributed by atoms with Gasteiger partial charge in [0.1, 0.15) is 11.6 Å². The van der Waals surface area contributed by atoms with Crippen LogP contribution in [-0.2, 0) is 4.79 Å². The van der Waals surface area contributed by atoms with Crippen LogP contribution < -0.4 is 10.2 Å². The van der Waals surface area contributed by atoms with Crippen LogP contribution in [-0.4, -0.2) is 47.0 Å². The lowest BCUT2D eigenvalue weighted by Gasteiger charge is -2.35. The van der Waals surface area contributed by atoms with E-state index in [2.05, 4.69) is 20.2 Å². The lowest BCUT2D eigenvalue weighted by Crippen LogP contribution is -2.49. The lowest BCUT2D eigenvalue weighted by molar-refractivity contribution is -0.132. The zero-order valence-corrected chi connectivity index (χ0v) is 18.8. The number of piperazine rings is 1. The van der Waals surface area contributed by atoms with E-state index in [1.165, 1.54) is 12.1 Å². The molecule has 5 rings (SSSR count). The van der Waals surface area contributed by atoms with Crippen molar-refractivity contribution in [2.24, 2.45) is 5.92 Å². The first kappa shape index (κ1) is 22.4. The number of nitrogens with zero attached hydrogens (tertiary/aromatic N) is 4. The summed E-state index contributed by atoms with van der Waals surface area (Å²) in [7, 11) is 0. The van der Waals surface area contributed by atoms with Crippen LogP contribution >= 0.6 is 0 Å².